The van der Waals surface area contributed by atoms with Crippen LogP contribution in [0.1, 0.15) is 32.6 Å². The number of amides is 1. The van der Waals surface area contributed by atoms with Gasteiger partial charge in [0, 0.05) is 13.0 Å². The van der Waals surface area contributed by atoms with Crippen molar-refractivity contribution in [3.05, 3.63) is 11.6 Å². The summed E-state index contributed by atoms with van der Waals surface area (Å²) in [5.74, 6) is 0.275. The molecule has 2 aliphatic rings. The minimum Gasteiger partial charge on any atom is -0.355 e. The Hall–Kier alpha value is -1.12. The molecule has 1 spiro atoms. The molecule has 0 saturated carbocycles. The summed E-state index contributed by atoms with van der Waals surface area (Å²) in [5.41, 5.74) is 0.595. The summed E-state index contributed by atoms with van der Waals surface area (Å²) >= 11 is 0. The third-order valence-electron chi connectivity index (χ3n) is 3.43. The van der Waals surface area contributed by atoms with E-state index >= 15 is 0 Å². The van der Waals surface area contributed by atoms with Crippen molar-refractivity contribution in [3.8, 4) is 0 Å². The Kier molecular flexibility index (Phi) is 2.17. The highest BCUT2D eigenvalue weighted by Gasteiger charge is 2.43. The minimum atomic E-state index is -0.355. The predicted molar refractivity (Wildman–Crippen MR) is 52.7 cm³/mol. The fourth-order valence-electron chi connectivity index (χ4n) is 2.48. The first-order valence-electron chi connectivity index (χ1n) is 5.15. The second-order valence-corrected chi connectivity index (χ2v) is 4.24. The average molecular weight is 193 g/mol. The van der Waals surface area contributed by atoms with E-state index in [1.165, 1.54) is 0 Å². The van der Waals surface area contributed by atoms with Crippen molar-refractivity contribution in [1.29, 1.82) is 0 Å². The van der Waals surface area contributed by atoms with E-state index in [9.17, 15) is 9.59 Å². The zero-order valence-electron chi connectivity index (χ0n) is 8.43. The van der Waals surface area contributed by atoms with Gasteiger partial charge in [-0.05, 0) is 32.3 Å². The van der Waals surface area contributed by atoms with Crippen LogP contribution in [0.2, 0.25) is 0 Å². The lowest BCUT2D eigenvalue weighted by Gasteiger charge is -2.38. The highest BCUT2D eigenvalue weighted by Crippen LogP contribution is 2.42. The Morgan fingerprint density at radius 2 is 2.14 bits per heavy atom. The van der Waals surface area contributed by atoms with Crippen molar-refractivity contribution in [2.45, 2.75) is 32.6 Å². The van der Waals surface area contributed by atoms with Crippen LogP contribution >= 0.6 is 0 Å². The summed E-state index contributed by atoms with van der Waals surface area (Å²) in [4.78, 5) is 23.0. The molecule has 0 radical (unpaired) electrons. The topological polar surface area (TPSA) is 46.2 Å². The SMILES string of the molecule is CC1=CC(=O)CCC12CCCNC2=O. The smallest absolute Gasteiger partial charge is 0.230 e. The van der Waals surface area contributed by atoms with E-state index in [2.05, 4.69) is 5.32 Å². The van der Waals surface area contributed by atoms with Crippen molar-refractivity contribution < 1.29 is 9.59 Å². The van der Waals surface area contributed by atoms with Gasteiger partial charge in [-0.2, -0.15) is 0 Å². The average Bonchev–Trinajstić information content (AvgIpc) is 2.15. The van der Waals surface area contributed by atoms with Gasteiger partial charge in [-0.3, -0.25) is 9.59 Å². The fourth-order valence-corrected chi connectivity index (χ4v) is 2.48. The summed E-state index contributed by atoms with van der Waals surface area (Å²) in [6.07, 6.45) is 4.78. The summed E-state index contributed by atoms with van der Waals surface area (Å²) < 4.78 is 0. The maximum Gasteiger partial charge on any atom is 0.230 e. The third kappa shape index (κ3) is 1.27. The number of carbonyl (C=O) groups is 2. The van der Waals surface area contributed by atoms with E-state index in [0.29, 0.717) is 12.8 Å². The Balaban J connectivity index is 2.34. The number of rotatable bonds is 0. The number of carbonyl (C=O) groups excluding carboxylic acids is 2. The Bertz CT molecular complexity index is 319. The molecule has 1 aliphatic carbocycles. The number of allylic oxidation sites excluding steroid dienone is 1. The van der Waals surface area contributed by atoms with Crippen LogP contribution in [0.5, 0.6) is 0 Å². The quantitative estimate of drug-likeness (QED) is 0.628. The highest BCUT2D eigenvalue weighted by molar-refractivity contribution is 5.96. The van der Waals surface area contributed by atoms with Gasteiger partial charge in [0.1, 0.15) is 0 Å². The molecule has 3 nitrogen and oxygen atoms in total. The molecule has 1 amide bonds. The number of hydrogen-bond acceptors (Lipinski definition) is 2. The van der Waals surface area contributed by atoms with Crippen molar-refractivity contribution in [2.24, 2.45) is 5.41 Å². The van der Waals surface area contributed by atoms with Crippen LogP contribution in [0.15, 0.2) is 11.6 Å². The van der Waals surface area contributed by atoms with Crippen LogP contribution in [0, 0.1) is 5.41 Å². The summed E-state index contributed by atoms with van der Waals surface area (Å²) in [7, 11) is 0. The lowest BCUT2D eigenvalue weighted by molar-refractivity contribution is -0.132. The van der Waals surface area contributed by atoms with Crippen molar-refractivity contribution >= 4 is 11.7 Å². The first-order valence-corrected chi connectivity index (χ1v) is 5.15. The Labute approximate surface area is 83.6 Å². The summed E-state index contributed by atoms with van der Waals surface area (Å²) in [6, 6.07) is 0. The van der Waals surface area contributed by atoms with Gasteiger partial charge in [-0.25, -0.2) is 0 Å². The molecule has 2 rings (SSSR count). The first kappa shape index (κ1) is 9.44. The van der Waals surface area contributed by atoms with Gasteiger partial charge in [-0.15, -0.1) is 0 Å². The fraction of sp³-hybridized carbons (Fsp3) is 0.636. The minimum absolute atomic E-state index is 0.116. The molecular formula is C11H15NO2. The Morgan fingerprint density at radius 1 is 1.36 bits per heavy atom. The number of ketones is 1. The standard InChI is InChI=1S/C11H15NO2/c1-8-7-9(13)3-5-11(8)4-2-6-12-10(11)14/h7H,2-6H2,1H3,(H,12,14). The molecule has 1 N–H and O–H groups in total. The first-order chi connectivity index (χ1) is 6.65. The molecule has 1 unspecified atom stereocenters. The zero-order valence-corrected chi connectivity index (χ0v) is 8.43. The van der Waals surface area contributed by atoms with Crippen LogP contribution in [0.25, 0.3) is 0 Å². The van der Waals surface area contributed by atoms with Gasteiger partial charge in [-0.1, -0.05) is 5.57 Å². The molecule has 1 atom stereocenters. The molecule has 76 valence electrons. The highest BCUT2D eigenvalue weighted by atomic mass is 16.2. The predicted octanol–water partition coefficient (Wildman–Crippen LogP) is 1.19. The number of hydrogen-bond donors (Lipinski definition) is 1. The summed E-state index contributed by atoms with van der Waals surface area (Å²) in [6.45, 7) is 2.68. The molecule has 14 heavy (non-hydrogen) atoms. The van der Waals surface area contributed by atoms with Crippen LogP contribution in [0.4, 0.5) is 0 Å². The van der Waals surface area contributed by atoms with Crippen LogP contribution < -0.4 is 5.32 Å². The van der Waals surface area contributed by atoms with Crippen LogP contribution in [-0.2, 0) is 9.59 Å². The van der Waals surface area contributed by atoms with Crippen molar-refractivity contribution in [2.75, 3.05) is 6.54 Å². The second kappa shape index (κ2) is 3.23. The normalized spacial score (nSPS) is 32.8. The van der Waals surface area contributed by atoms with E-state index in [-0.39, 0.29) is 17.1 Å². The molecule has 1 saturated heterocycles. The van der Waals surface area contributed by atoms with Crippen molar-refractivity contribution in [3.63, 3.8) is 0 Å². The second-order valence-electron chi connectivity index (χ2n) is 4.24. The number of piperidine rings is 1. The van der Waals surface area contributed by atoms with Gasteiger partial charge < -0.3 is 5.32 Å². The maximum atomic E-state index is 11.8. The molecule has 3 heteroatoms. The van der Waals surface area contributed by atoms with Gasteiger partial charge in [0.15, 0.2) is 5.78 Å². The van der Waals surface area contributed by atoms with Gasteiger partial charge in [0.2, 0.25) is 5.91 Å². The van der Waals surface area contributed by atoms with Crippen LogP contribution in [0.3, 0.4) is 0 Å². The van der Waals surface area contributed by atoms with Gasteiger partial charge in [0.25, 0.3) is 0 Å². The maximum absolute atomic E-state index is 11.8. The van der Waals surface area contributed by atoms with E-state index < -0.39 is 0 Å². The molecule has 0 aromatic carbocycles. The largest absolute Gasteiger partial charge is 0.355 e. The van der Waals surface area contributed by atoms with E-state index in [0.717, 1.165) is 25.0 Å². The Morgan fingerprint density at radius 3 is 2.79 bits per heavy atom. The third-order valence-corrected chi connectivity index (χ3v) is 3.43. The van der Waals surface area contributed by atoms with E-state index in [1.54, 1.807) is 6.08 Å². The monoisotopic (exact) mass is 193 g/mol. The van der Waals surface area contributed by atoms with Crippen molar-refractivity contribution in [1.82, 2.24) is 5.32 Å². The molecule has 1 aliphatic heterocycles. The molecular weight excluding hydrogens is 178 g/mol. The van der Waals surface area contributed by atoms with E-state index in [4.69, 9.17) is 0 Å². The zero-order chi connectivity index (χ0) is 10.2. The summed E-state index contributed by atoms with van der Waals surface area (Å²) in [5, 5.41) is 2.90. The molecule has 0 bridgehead atoms. The van der Waals surface area contributed by atoms with E-state index in [1.807, 2.05) is 6.92 Å². The number of nitrogens with one attached hydrogen (secondary N) is 1. The molecule has 1 fully saturated rings. The molecule has 0 aromatic heterocycles. The lowest BCUT2D eigenvalue weighted by Crippen LogP contribution is -2.48. The molecule has 0 aromatic rings. The lowest BCUT2D eigenvalue weighted by atomic mass is 9.68. The van der Waals surface area contributed by atoms with Gasteiger partial charge >= 0.3 is 0 Å². The van der Waals surface area contributed by atoms with Crippen LogP contribution in [-0.4, -0.2) is 18.2 Å². The van der Waals surface area contributed by atoms with Gasteiger partial charge in [0.05, 0.1) is 5.41 Å². The molecule has 1 heterocycles.